The number of anilines is 1. The van der Waals surface area contributed by atoms with Crippen molar-refractivity contribution in [1.29, 1.82) is 0 Å². The quantitative estimate of drug-likeness (QED) is 0.730. The smallest absolute Gasteiger partial charge is 0.225 e. The van der Waals surface area contributed by atoms with E-state index in [0.29, 0.717) is 0 Å². The van der Waals surface area contributed by atoms with Gasteiger partial charge in [-0.05, 0) is 13.0 Å². The van der Waals surface area contributed by atoms with Crippen molar-refractivity contribution in [2.24, 2.45) is 0 Å². The third kappa shape index (κ3) is 2.12. The second kappa shape index (κ2) is 4.23. The fourth-order valence-corrected chi connectivity index (χ4v) is 2.42. The molecule has 0 radical (unpaired) electrons. The maximum atomic E-state index is 5.70. The van der Waals surface area contributed by atoms with Crippen molar-refractivity contribution in [3.05, 3.63) is 18.0 Å². The van der Waals surface area contributed by atoms with Gasteiger partial charge in [-0.1, -0.05) is 0 Å². The molecule has 1 aromatic rings. The van der Waals surface area contributed by atoms with Crippen LogP contribution in [0.4, 0.5) is 5.95 Å². The van der Waals surface area contributed by atoms with Gasteiger partial charge in [0.1, 0.15) is 0 Å². The molecule has 0 aliphatic carbocycles. The van der Waals surface area contributed by atoms with Crippen LogP contribution in [-0.2, 0) is 9.47 Å². The van der Waals surface area contributed by atoms with E-state index in [1.165, 1.54) is 0 Å². The van der Waals surface area contributed by atoms with Crippen molar-refractivity contribution in [3.63, 3.8) is 0 Å². The zero-order valence-corrected chi connectivity index (χ0v) is 10.1. The minimum absolute atomic E-state index is 0.319. The molecule has 2 fully saturated rings. The Kier molecular flexibility index (Phi) is 2.72. The fourth-order valence-electron chi connectivity index (χ4n) is 2.42. The Morgan fingerprint density at radius 3 is 2.59 bits per heavy atom. The van der Waals surface area contributed by atoms with Gasteiger partial charge in [0.2, 0.25) is 5.95 Å². The molecule has 0 unspecified atom stereocenters. The predicted molar refractivity (Wildman–Crippen MR) is 62.9 cm³/mol. The number of aryl methyl sites for hydroxylation is 1. The third-order valence-corrected chi connectivity index (χ3v) is 3.40. The number of piperidine rings is 1. The number of hydrogen-bond acceptors (Lipinski definition) is 5. The second-order valence-electron chi connectivity index (χ2n) is 4.59. The Labute approximate surface area is 101 Å². The van der Waals surface area contributed by atoms with Gasteiger partial charge in [-0.15, -0.1) is 0 Å². The van der Waals surface area contributed by atoms with E-state index in [0.717, 1.165) is 50.8 Å². The lowest BCUT2D eigenvalue weighted by atomic mass is 10.0. The summed E-state index contributed by atoms with van der Waals surface area (Å²) in [5.41, 5.74) is 1.00. The minimum Gasteiger partial charge on any atom is -0.347 e. The van der Waals surface area contributed by atoms with Gasteiger partial charge in [0.25, 0.3) is 0 Å². The molecule has 5 heteroatoms. The van der Waals surface area contributed by atoms with Crippen LogP contribution < -0.4 is 4.90 Å². The monoisotopic (exact) mass is 235 g/mol. The number of ether oxygens (including phenoxy) is 2. The number of hydrogen-bond donors (Lipinski definition) is 0. The summed E-state index contributed by atoms with van der Waals surface area (Å²) >= 11 is 0. The van der Waals surface area contributed by atoms with Gasteiger partial charge in [-0.2, -0.15) is 0 Å². The van der Waals surface area contributed by atoms with E-state index in [2.05, 4.69) is 14.9 Å². The average molecular weight is 235 g/mol. The first-order valence-corrected chi connectivity index (χ1v) is 6.10. The van der Waals surface area contributed by atoms with E-state index in [1.807, 2.05) is 19.2 Å². The molecular weight excluding hydrogens is 218 g/mol. The summed E-state index contributed by atoms with van der Waals surface area (Å²) in [4.78, 5) is 11.0. The minimum atomic E-state index is -0.319. The molecule has 2 aliphatic heterocycles. The molecule has 92 valence electrons. The Balaban J connectivity index is 1.68. The lowest BCUT2D eigenvalue weighted by molar-refractivity contribution is -0.169. The highest BCUT2D eigenvalue weighted by Crippen LogP contribution is 2.32. The van der Waals surface area contributed by atoms with Crippen LogP contribution in [0, 0.1) is 6.92 Å². The molecule has 17 heavy (non-hydrogen) atoms. The van der Waals surface area contributed by atoms with Gasteiger partial charge in [0.05, 0.1) is 13.2 Å². The van der Waals surface area contributed by atoms with Crippen LogP contribution in [0.5, 0.6) is 0 Å². The van der Waals surface area contributed by atoms with Crippen molar-refractivity contribution >= 4 is 5.95 Å². The average Bonchev–Trinajstić information content (AvgIpc) is 2.79. The highest BCUT2D eigenvalue weighted by Gasteiger charge is 2.40. The molecule has 0 saturated carbocycles. The number of nitrogens with zero attached hydrogens (tertiary/aromatic N) is 3. The molecule has 3 rings (SSSR count). The van der Waals surface area contributed by atoms with E-state index in [9.17, 15) is 0 Å². The fraction of sp³-hybridized carbons (Fsp3) is 0.667. The van der Waals surface area contributed by atoms with Crippen LogP contribution in [0.3, 0.4) is 0 Å². The third-order valence-electron chi connectivity index (χ3n) is 3.40. The van der Waals surface area contributed by atoms with Crippen molar-refractivity contribution in [3.8, 4) is 0 Å². The van der Waals surface area contributed by atoms with Gasteiger partial charge < -0.3 is 14.4 Å². The summed E-state index contributed by atoms with van der Waals surface area (Å²) in [5, 5.41) is 0. The first kappa shape index (κ1) is 10.9. The van der Waals surface area contributed by atoms with Crippen LogP contribution in [0.15, 0.2) is 12.3 Å². The van der Waals surface area contributed by atoms with E-state index in [4.69, 9.17) is 9.47 Å². The molecule has 0 atom stereocenters. The van der Waals surface area contributed by atoms with Gasteiger partial charge in [-0.25, -0.2) is 9.97 Å². The zero-order chi connectivity index (χ0) is 11.7. The highest BCUT2D eigenvalue weighted by molar-refractivity contribution is 5.31. The maximum absolute atomic E-state index is 5.70. The molecular formula is C12H17N3O2. The van der Waals surface area contributed by atoms with Crippen molar-refractivity contribution < 1.29 is 9.47 Å². The Morgan fingerprint density at radius 2 is 1.94 bits per heavy atom. The molecule has 2 aliphatic rings. The van der Waals surface area contributed by atoms with E-state index in [-0.39, 0.29) is 5.79 Å². The van der Waals surface area contributed by atoms with E-state index >= 15 is 0 Å². The molecule has 1 spiro atoms. The zero-order valence-electron chi connectivity index (χ0n) is 10.1. The lowest BCUT2D eigenvalue weighted by Crippen LogP contribution is -2.45. The normalized spacial score (nSPS) is 23.2. The lowest BCUT2D eigenvalue weighted by Gasteiger charge is -2.37. The summed E-state index contributed by atoms with van der Waals surface area (Å²) < 4.78 is 11.4. The van der Waals surface area contributed by atoms with Crippen molar-refractivity contribution in [1.82, 2.24) is 9.97 Å². The summed E-state index contributed by atoms with van der Waals surface area (Å²) in [5.74, 6) is 0.498. The second-order valence-corrected chi connectivity index (χ2v) is 4.59. The summed E-state index contributed by atoms with van der Waals surface area (Å²) in [6.07, 6.45) is 3.60. The van der Waals surface area contributed by atoms with Gasteiger partial charge in [0, 0.05) is 37.8 Å². The van der Waals surface area contributed by atoms with E-state index < -0.39 is 0 Å². The first-order chi connectivity index (χ1) is 8.27. The predicted octanol–water partition coefficient (Wildman–Crippen LogP) is 1.13. The van der Waals surface area contributed by atoms with Gasteiger partial charge >= 0.3 is 0 Å². The maximum Gasteiger partial charge on any atom is 0.225 e. The molecule has 0 bridgehead atoms. The molecule has 2 saturated heterocycles. The summed E-state index contributed by atoms with van der Waals surface area (Å²) in [6.45, 7) is 5.22. The summed E-state index contributed by atoms with van der Waals surface area (Å²) in [6, 6.07) is 1.91. The molecule has 3 heterocycles. The Hall–Kier alpha value is -1.20. The number of rotatable bonds is 1. The van der Waals surface area contributed by atoms with E-state index in [1.54, 1.807) is 0 Å². The Morgan fingerprint density at radius 1 is 1.24 bits per heavy atom. The van der Waals surface area contributed by atoms with Crippen LogP contribution in [0.2, 0.25) is 0 Å². The molecule has 1 aromatic heterocycles. The van der Waals surface area contributed by atoms with Crippen LogP contribution in [0.25, 0.3) is 0 Å². The highest BCUT2D eigenvalue weighted by atomic mass is 16.7. The Bertz CT molecular complexity index is 394. The molecule has 0 amide bonds. The van der Waals surface area contributed by atoms with Crippen molar-refractivity contribution in [2.45, 2.75) is 25.6 Å². The van der Waals surface area contributed by atoms with Crippen LogP contribution in [0.1, 0.15) is 18.5 Å². The molecule has 0 aromatic carbocycles. The van der Waals surface area contributed by atoms with Crippen LogP contribution >= 0.6 is 0 Å². The standard InChI is InChI=1S/C12H17N3O2/c1-10-2-5-13-11(14-10)15-6-3-12(4-7-15)16-8-9-17-12/h2,5H,3-4,6-9H2,1H3. The van der Waals surface area contributed by atoms with Gasteiger partial charge in [-0.3, -0.25) is 0 Å². The molecule has 0 N–H and O–H groups in total. The SMILES string of the molecule is Cc1ccnc(N2CCC3(CC2)OCCO3)n1. The summed E-state index contributed by atoms with van der Waals surface area (Å²) in [7, 11) is 0. The largest absolute Gasteiger partial charge is 0.347 e. The number of aromatic nitrogens is 2. The molecule has 5 nitrogen and oxygen atoms in total. The van der Waals surface area contributed by atoms with Gasteiger partial charge in [0.15, 0.2) is 5.79 Å². The first-order valence-electron chi connectivity index (χ1n) is 6.10. The topological polar surface area (TPSA) is 47.5 Å². The van der Waals surface area contributed by atoms with Crippen LogP contribution in [-0.4, -0.2) is 42.1 Å². The van der Waals surface area contributed by atoms with Crippen molar-refractivity contribution in [2.75, 3.05) is 31.2 Å².